The quantitative estimate of drug-likeness (QED) is 0.0234. The minimum Gasteiger partial charge on any atom is -0.481 e. The van der Waals surface area contributed by atoms with Crippen LogP contribution in [0, 0.1) is 11.8 Å². The van der Waals surface area contributed by atoms with Crippen LogP contribution in [0.4, 0.5) is 0 Å². The van der Waals surface area contributed by atoms with Crippen LogP contribution in [0.25, 0.3) is 10.9 Å². The number of fused-ring (bicyclic) bond motifs is 1. The molecule has 13 amide bonds. The number of benzene rings is 2. The van der Waals surface area contributed by atoms with Crippen LogP contribution in [0.1, 0.15) is 110 Å². The van der Waals surface area contributed by atoms with Crippen molar-refractivity contribution in [1.29, 1.82) is 0 Å². The van der Waals surface area contributed by atoms with Crippen molar-refractivity contribution in [3.8, 4) is 0 Å². The van der Waals surface area contributed by atoms with Crippen molar-refractivity contribution < 1.29 is 103 Å². The molecule has 37 heteroatoms. The lowest BCUT2D eigenvalue weighted by atomic mass is 9.99. The fraction of sp³-hybridized carbons (Fsp3) is 0.554. The fourth-order valence-corrected chi connectivity index (χ4v) is 10.3. The van der Waals surface area contributed by atoms with Crippen LogP contribution in [-0.2, 0) is 84.8 Å². The summed E-state index contributed by atoms with van der Waals surface area (Å²) in [6.45, 7) is 6.56. The third-order valence-corrected chi connectivity index (χ3v) is 15.7. The maximum Gasteiger partial charge on any atom is 0.326 e. The lowest BCUT2D eigenvalue weighted by Gasteiger charge is -2.29. The standard InChI is InChI=1S/C65H98N16O21/c1-31(2)22-42(57(93)71-40(18-12-13-21-66)55(91)75-45(60(96)77-46(65(101)102)27-50(69)87)25-36-28-70-39-17-11-10-16-37(36)39)74-56(92)41(19-20-49(68)86)72-58(94)43(23-32(3)4)76-63(99)52(33(5)84)80-62(98)48(30-83)79-64(100)53(34(6)85)81-61(97)47(29-82)78-59(95)44(24-35-14-8-7-9-15-35)73-54(90)38(67)26-51(88)89/h7-11,14-17,28,31-34,38,40-48,52-53,70,82-85H,12-13,18-27,29-30,66-67H2,1-6H3,(H2,68,86)(H2,69,87)(H,71,93)(H,72,94)(H,73,90)(H,74,92)(H,75,91)(H,76,99)(H,77,96)(H,78,95)(H,79,100)(H,80,98)(H,81,97)(H,88,89)(H,101,102)/t33-,34-,38+,40+,41+,42+,43+,44+,45+,46+,47+,48+,52+,53+/m1/s1. The van der Waals surface area contributed by atoms with Crippen LogP contribution in [0.3, 0.4) is 0 Å². The number of H-pyrrole nitrogens is 1. The first-order chi connectivity index (χ1) is 48.0. The number of carbonyl (C=O) groups is 15. The molecule has 2 aromatic carbocycles. The van der Waals surface area contributed by atoms with Gasteiger partial charge >= 0.3 is 11.9 Å². The second kappa shape index (κ2) is 42.8. The largest absolute Gasteiger partial charge is 0.481 e. The summed E-state index contributed by atoms with van der Waals surface area (Å²) in [6.07, 6.45) is -4.85. The zero-order valence-electron chi connectivity index (χ0n) is 57.5. The molecular weight excluding hydrogens is 1340 g/mol. The monoisotopic (exact) mass is 1440 g/mol. The van der Waals surface area contributed by atoms with Crippen molar-refractivity contribution >= 4 is 99.6 Å². The molecule has 564 valence electrons. The Balaban J connectivity index is 1.86. The van der Waals surface area contributed by atoms with E-state index >= 15 is 0 Å². The highest BCUT2D eigenvalue weighted by Gasteiger charge is 2.39. The average molecular weight is 1440 g/mol. The average Bonchev–Trinajstić information content (AvgIpc) is 1.62. The highest BCUT2D eigenvalue weighted by molar-refractivity contribution is 6.00. The number of nitrogens with two attached hydrogens (primary N) is 4. The molecule has 14 atom stereocenters. The molecule has 0 saturated heterocycles. The lowest BCUT2D eigenvalue weighted by Crippen LogP contribution is -2.63. The summed E-state index contributed by atoms with van der Waals surface area (Å²) in [5, 5.41) is 87.5. The molecule has 0 aliphatic carbocycles. The molecule has 0 radical (unpaired) electrons. The van der Waals surface area contributed by atoms with E-state index in [0.29, 0.717) is 28.5 Å². The molecule has 0 unspecified atom stereocenters. The third-order valence-electron chi connectivity index (χ3n) is 15.7. The SMILES string of the molecule is CC(C)C[C@H](NC(=O)[C@H](CCC(N)=O)NC(=O)[C@H](CC(C)C)NC(=O)[C@@H](NC(=O)[C@H](CO)NC(=O)[C@@H](NC(=O)[C@H](CO)NC(=O)[C@H](Cc1ccccc1)NC(=O)[C@@H](N)CC(=O)O)[C@@H](C)O)[C@@H](C)O)C(=O)N[C@@H](CCCCN)C(=O)N[C@@H](Cc1c[nH]c2ccccc12)C(=O)N[C@@H](CC(N)=O)C(=O)O. The molecule has 0 aliphatic rings. The van der Waals surface area contributed by atoms with Crippen molar-refractivity contribution in [1.82, 2.24) is 63.5 Å². The number of primary amides is 2. The van der Waals surface area contributed by atoms with E-state index in [9.17, 15) is 97.5 Å². The van der Waals surface area contributed by atoms with Crippen molar-refractivity contribution in [3.05, 3.63) is 71.9 Å². The molecule has 102 heavy (non-hydrogen) atoms. The van der Waals surface area contributed by atoms with Gasteiger partial charge in [0.1, 0.15) is 66.5 Å². The molecule has 37 nitrogen and oxygen atoms in total. The van der Waals surface area contributed by atoms with Gasteiger partial charge in [-0.05, 0) is 87.9 Å². The van der Waals surface area contributed by atoms with Crippen LogP contribution >= 0.6 is 0 Å². The number of aliphatic hydroxyl groups is 4. The summed E-state index contributed by atoms with van der Waals surface area (Å²) in [6, 6.07) is -5.50. The van der Waals surface area contributed by atoms with Crippen LogP contribution in [0.15, 0.2) is 60.8 Å². The van der Waals surface area contributed by atoms with Gasteiger partial charge in [0.15, 0.2) is 0 Å². The van der Waals surface area contributed by atoms with E-state index in [2.05, 4.69) is 63.5 Å². The Labute approximate surface area is 587 Å². The predicted octanol–water partition coefficient (Wildman–Crippen LogP) is -6.72. The van der Waals surface area contributed by atoms with Crippen molar-refractivity contribution in [2.75, 3.05) is 19.8 Å². The number of aliphatic hydroxyl groups excluding tert-OH is 4. The van der Waals surface area contributed by atoms with Crippen LogP contribution in [0.2, 0.25) is 0 Å². The normalized spacial score (nSPS) is 15.4. The summed E-state index contributed by atoms with van der Waals surface area (Å²) in [5.74, 6) is -18.1. The number of carboxylic acid groups (broad SMARTS) is 2. The number of nitrogens with one attached hydrogen (secondary N) is 12. The lowest BCUT2D eigenvalue weighted by molar-refractivity contribution is -0.143. The van der Waals surface area contributed by atoms with Gasteiger partial charge in [-0.2, -0.15) is 0 Å². The van der Waals surface area contributed by atoms with Gasteiger partial charge in [0.25, 0.3) is 0 Å². The predicted molar refractivity (Wildman–Crippen MR) is 363 cm³/mol. The molecule has 26 N–H and O–H groups in total. The maximum absolute atomic E-state index is 14.5. The van der Waals surface area contributed by atoms with Gasteiger partial charge in [0.2, 0.25) is 76.8 Å². The molecule has 0 spiro atoms. The molecule has 0 saturated carbocycles. The smallest absolute Gasteiger partial charge is 0.326 e. The van der Waals surface area contributed by atoms with Crippen molar-refractivity contribution in [2.45, 2.75) is 197 Å². The van der Waals surface area contributed by atoms with E-state index in [1.165, 1.54) is 0 Å². The number of unbranched alkanes of at least 4 members (excludes halogenated alkanes) is 1. The van der Waals surface area contributed by atoms with Crippen LogP contribution in [-0.4, -0.2) is 229 Å². The van der Waals surface area contributed by atoms with Crippen LogP contribution in [0.5, 0.6) is 0 Å². The third kappa shape index (κ3) is 29.2. The first-order valence-corrected chi connectivity index (χ1v) is 33.0. The molecule has 0 fully saturated rings. The number of aromatic amines is 1. The number of aliphatic carboxylic acids is 2. The molecule has 0 bridgehead atoms. The van der Waals surface area contributed by atoms with Crippen LogP contribution < -0.4 is 81.4 Å². The van der Waals surface area contributed by atoms with Gasteiger partial charge in [-0.3, -0.25) is 67.1 Å². The zero-order valence-corrected chi connectivity index (χ0v) is 57.5. The minimum absolute atomic E-state index is 0.0805. The summed E-state index contributed by atoms with van der Waals surface area (Å²) in [7, 11) is 0. The number of rotatable bonds is 46. The van der Waals surface area contributed by atoms with Gasteiger partial charge < -0.3 is 117 Å². The van der Waals surface area contributed by atoms with E-state index < -0.39 is 218 Å². The Bertz CT molecular complexity index is 3390. The number of amides is 13. The number of carbonyl (C=O) groups excluding carboxylic acids is 13. The second-order valence-electron chi connectivity index (χ2n) is 25.4. The number of aromatic nitrogens is 1. The molecule has 3 aromatic rings. The Morgan fingerprint density at radius 2 is 0.843 bits per heavy atom. The molecular formula is C65H98N16O21. The number of para-hydroxylation sites is 1. The Morgan fingerprint density at radius 3 is 1.30 bits per heavy atom. The molecule has 3 rings (SSSR count). The van der Waals surface area contributed by atoms with Crippen molar-refractivity contribution in [2.24, 2.45) is 34.8 Å². The highest BCUT2D eigenvalue weighted by Crippen LogP contribution is 2.20. The highest BCUT2D eigenvalue weighted by atomic mass is 16.4. The summed E-state index contributed by atoms with van der Waals surface area (Å²) in [5.41, 5.74) is 23.9. The van der Waals surface area contributed by atoms with Gasteiger partial charge in [-0.25, -0.2) is 4.79 Å². The van der Waals surface area contributed by atoms with Gasteiger partial charge in [0.05, 0.1) is 44.3 Å². The zero-order chi connectivity index (χ0) is 76.7. The number of hydrogen-bond donors (Lipinski definition) is 22. The number of hydrogen-bond acceptors (Lipinski definition) is 21. The Hall–Kier alpha value is -10.2. The molecule has 1 aromatic heterocycles. The first kappa shape index (κ1) is 86.0. The topological polar surface area (TPSA) is 630 Å². The summed E-state index contributed by atoms with van der Waals surface area (Å²) >= 11 is 0. The maximum atomic E-state index is 14.5. The van der Waals surface area contributed by atoms with E-state index in [4.69, 9.17) is 28.0 Å². The van der Waals surface area contributed by atoms with E-state index in [0.717, 1.165) is 13.8 Å². The van der Waals surface area contributed by atoms with Gasteiger partial charge in [-0.15, -0.1) is 0 Å². The minimum atomic E-state index is -2.02. The van der Waals surface area contributed by atoms with Gasteiger partial charge in [0, 0.05) is 36.4 Å². The van der Waals surface area contributed by atoms with E-state index in [-0.39, 0.29) is 51.0 Å². The van der Waals surface area contributed by atoms with E-state index in [1.54, 1.807) is 88.5 Å². The van der Waals surface area contributed by atoms with E-state index in [1.807, 2.05) is 0 Å². The molecule has 1 heterocycles. The first-order valence-electron chi connectivity index (χ1n) is 33.0. The Morgan fingerprint density at radius 1 is 0.441 bits per heavy atom. The van der Waals surface area contributed by atoms with Gasteiger partial charge in [-0.1, -0.05) is 76.2 Å². The summed E-state index contributed by atoms with van der Waals surface area (Å²) in [4.78, 5) is 204. The Kier molecular flexibility index (Phi) is 36.1. The summed E-state index contributed by atoms with van der Waals surface area (Å²) < 4.78 is 0. The second-order valence-corrected chi connectivity index (χ2v) is 25.4. The fourth-order valence-electron chi connectivity index (χ4n) is 10.3. The molecule has 0 aliphatic heterocycles. The number of carboxylic acids is 2. The van der Waals surface area contributed by atoms with Crippen molar-refractivity contribution in [3.63, 3.8) is 0 Å².